The van der Waals surface area contributed by atoms with Gasteiger partial charge in [-0.25, -0.2) is 0 Å². The predicted octanol–water partition coefficient (Wildman–Crippen LogP) is 7.85. The maximum atomic E-state index is 13.1. The second kappa shape index (κ2) is 12.3. The summed E-state index contributed by atoms with van der Waals surface area (Å²) in [5, 5.41) is 2.33. The average Bonchev–Trinajstić information content (AvgIpc) is 3.11. The summed E-state index contributed by atoms with van der Waals surface area (Å²) in [6.45, 7) is 2.05. The van der Waals surface area contributed by atoms with Gasteiger partial charge in [0.1, 0.15) is 6.61 Å². The summed E-state index contributed by atoms with van der Waals surface area (Å²) in [7, 11) is 1.51. The van der Waals surface area contributed by atoms with Crippen molar-refractivity contribution < 1.29 is 19.1 Å². The predicted molar refractivity (Wildman–Crippen MR) is 160 cm³/mol. The van der Waals surface area contributed by atoms with Gasteiger partial charge in [-0.15, -0.1) is 0 Å². The van der Waals surface area contributed by atoms with Gasteiger partial charge in [0.15, 0.2) is 15.8 Å². The van der Waals surface area contributed by atoms with Crippen molar-refractivity contribution in [3.8, 4) is 11.5 Å². The van der Waals surface area contributed by atoms with Crippen LogP contribution in [0.1, 0.15) is 27.0 Å². The monoisotopic (exact) mass is 670 g/mol. The van der Waals surface area contributed by atoms with Crippen molar-refractivity contribution in [3.05, 3.63) is 95.2 Å². The maximum Gasteiger partial charge on any atom is 0.285 e. The molecule has 0 radical (unpaired) electrons. The number of ether oxygens (including phenoxy) is 2. The quantitative estimate of drug-likeness (QED) is 0.204. The molecule has 0 aromatic heterocycles. The highest BCUT2D eigenvalue weighted by Gasteiger charge is 2.34. The first kappa shape index (κ1) is 28.7. The molecule has 4 rings (SSSR count). The number of thioether (sulfide) groups is 1. The van der Waals surface area contributed by atoms with Gasteiger partial charge in [0.25, 0.3) is 11.8 Å². The number of thiocarbonyl (C=S) groups is 1. The Morgan fingerprint density at radius 2 is 1.89 bits per heavy atom. The minimum atomic E-state index is -0.542. The number of nitrogens with zero attached hydrogens (tertiary/aromatic N) is 1. The van der Waals surface area contributed by atoms with E-state index in [2.05, 4.69) is 21.4 Å². The van der Waals surface area contributed by atoms with Crippen LogP contribution in [0.3, 0.4) is 0 Å². The molecule has 2 amide bonds. The molecule has 1 aliphatic rings. The summed E-state index contributed by atoms with van der Waals surface area (Å²) in [6, 6.07) is 13.7. The lowest BCUT2D eigenvalue weighted by atomic mass is 10.1. The molecule has 0 unspecified atom stereocenters. The standard InChI is InChI=1S/C26H18BrCl3N2O4S2/c1-13-3-6-17(20(30)7-13)24(33)31-32-25(34)22(38-26(32)37)10-14-8-18(27)23(21(9-14)35-2)36-12-15-4-5-16(28)11-19(15)29/h3-11H,12H2,1-2H3,(H,31,33)/b22-10+. The SMILES string of the molecule is COc1cc(/C=C2/SC(=S)N(NC(=O)c3ccc(C)cc3Cl)C2=O)cc(Br)c1OCc1ccc(Cl)cc1Cl. The highest BCUT2D eigenvalue weighted by molar-refractivity contribution is 9.10. The third kappa shape index (κ3) is 6.47. The van der Waals surface area contributed by atoms with E-state index in [1.165, 1.54) is 7.11 Å². The third-order valence-electron chi connectivity index (χ3n) is 5.31. The average molecular weight is 673 g/mol. The molecule has 1 aliphatic heterocycles. The van der Waals surface area contributed by atoms with E-state index in [-0.39, 0.29) is 21.5 Å². The normalized spacial score (nSPS) is 14.3. The van der Waals surface area contributed by atoms with Gasteiger partial charge in [-0.05, 0) is 88.7 Å². The van der Waals surface area contributed by atoms with Crippen molar-refractivity contribution in [2.24, 2.45) is 0 Å². The number of carbonyl (C=O) groups is 2. The van der Waals surface area contributed by atoms with Gasteiger partial charge in [0, 0.05) is 15.6 Å². The van der Waals surface area contributed by atoms with Gasteiger partial charge in [-0.3, -0.25) is 15.0 Å². The molecule has 1 saturated heterocycles. The summed E-state index contributed by atoms with van der Waals surface area (Å²) in [5.74, 6) is -0.109. The molecule has 3 aromatic rings. The van der Waals surface area contributed by atoms with Crippen LogP contribution in [-0.2, 0) is 11.4 Å². The highest BCUT2D eigenvalue weighted by Crippen LogP contribution is 2.40. The molecule has 1 fully saturated rings. The van der Waals surface area contributed by atoms with Gasteiger partial charge in [-0.2, -0.15) is 5.01 Å². The van der Waals surface area contributed by atoms with E-state index in [9.17, 15) is 9.59 Å². The summed E-state index contributed by atoms with van der Waals surface area (Å²) in [4.78, 5) is 26.1. The molecule has 0 bridgehead atoms. The number of rotatable bonds is 7. The Bertz CT molecular complexity index is 1500. The van der Waals surface area contributed by atoms with E-state index >= 15 is 0 Å². The van der Waals surface area contributed by atoms with Crippen LogP contribution in [0.2, 0.25) is 15.1 Å². The van der Waals surface area contributed by atoms with Crippen molar-refractivity contribution in [1.82, 2.24) is 10.4 Å². The zero-order chi connectivity index (χ0) is 27.6. The fraction of sp³-hybridized carbons (Fsp3) is 0.115. The van der Waals surface area contributed by atoms with Crippen molar-refractivity contribution in [3.63, 3.8) is 0 Å². The Labute approximate surface area is 252 Å². The maximum absolute atomic E-state index is 13.1. The summed E-state index contributed by atoms with van der Waals surface area (Å²) in [6.07, 6.45) is 1.65. The lowest BCUT2D eigenvalue weighted by Gasteiger charge is -2.16. The Hall–Kier alpha value is -2.27. The third-order valence-corrected chi connectivity index (χ3v) is 8.10. The van der Waals surface area contributed by atoms with Crippen LogP contribution < -0.4 is 14.9 Å². The largest absolute Gasteiger partial charge is 0.493 e. The minimum absolute atomic E-state index is 0.184. The van der Waals surface area contributed by atoms with Gasteiger partial charge in [0.2, 0.25) is 0 Å². The number of halogens is 4. The fourth-order valence-electron chi connectivity index (χ4n) is 3.43. The number of nitrogens with one attached hydrogen (secondary N) is 1. The zero-order valence-corrected chi connectivity index (χ0v) is 25.3. The van der Waals surface area contributed by atoms with Crippen molar-refractivity contribution in [2.45, 2.75) is 13.5 Å². The summed E-state index contributed by atoms with van der Waals surface area (Å²) in [5.41, 5.74) is 5.09. The topological polar surface area (TPSA) is 67.9 Å². The summed E-state index contributed by atoms with van der Waals surface area (Å²) >= 11 is 28.3. The van der Waals surface area contributed by atoms with E-state index in [0.29, 0.717) is 36.5 Å². The van der Waals surface area contributed by atoms with Crippen LogP contribution in [0.15, 0.2) is 57.9 Å². The Morgan fingerprint density at radius 3 is 2.58 bits per heavy atom. The molecule has 12 heteroatoms. The van der Waals surface area contributed by atoms with E-state index in [1.54, 1.807) is 54.6 Å². The van der Waals surface area contributed by atoms with E-state index in [4.69, 9.17) is 56.5 Å². The molecular formula is C26H18BrCl3N2O4S2. The smallest absolute Gasteiger partial charge is 0.285 e. The molecular weight excluding hydrogens is 655 g/mol. The second-order valence-electron chi connectivity index (χ2n) is 8.00. The van der Waals surface area contributed by atoms with Crippen LogP contribution in [0.4, 0.5) is 0 Å². The van der Waals surface area contributed by atoms with Gasteiger partial charge >= 0.3 is 0 Å². The Balaban J connectivity index is 1.52. The fourth-order valence-corrected chi connectivity index (χ4v) is 5.97. The molecule has 6 nitrogen and oxygen atoms in total. The molecule has 3 aromatic carbocycles. The number of hydrazine groups is 1. The number of amides is 2. The Morgan fingerprint density at radius 1 is 1.13 bits per heavy atom. The van der Waals surface area contributed by atoms with Crippen LogP contribution in [0.5, 0.6) is 11.5 Å². The second-order valence-corrected chi connectivity index (χ2v) is 11.8. The van der Waals surface area contributed by atoms with Crippen LogP contribution in [-0.4, -0.2) is 28.3 Å². The van der Waals surface area contributed by atoms with Gasteiger partial charge < -0.3 is 9.47 Å². The molecule has 0 atom stereocenters. The molecule has 0 spiro atoms. The number of carbonyl (C=O) groups excluding carboxylic acids is 2. The van der Waals surface area contributed by atoms with E-state index in [1.807, 2.05) is 6.92 Å². The highest BCUT2D eigenvalue weighted by atomic mass is 79.9. The Kier molecular flexibility index (Phi) is 9.28. The van der Waals surface area contributed by atoms with Gasteiger partial charge in [0.05, 0.1) is 27.1 Å². The van der Waals surface area contributed by atoms with Crippen molar-refractivity contribution >= 4 is 96.9 Å². The molecule has 0 aliphatic carbocycles. The molecule has 0 saturated carbocycles. The zero-order valence-electron chi connectivity index (χ0n) is 19.8. The van der Waals surface area contributed by atoms with Crippen LogP contribution in [0.25, 0.3) is 6.08 Å². The number of benzene rings is 3. The first-order valence-electron chi connectivity index (χ1n) is 10.9. The number of hydrogen-bond donors (Lipinski definition) is 1. The van der Waals surface area contributed by atoms with Crippen molar-refractivity contribution in [1.29, 1.82) is 0 Å². The van der Waals surface area contributed by atoms with Crippen LogP contribution >= 0.6 is 74.7 Å². The molecule has 1 N–H and O–H groups in total. The molecule has 1 heterocycles. The minimum Gasteiger partial charge on any atom is -0.493 e. The summed E-state index contributed by atoms with van der Waals surface area (Å²) < 4.78 is 12.3. The van der Waals surface area contributed by atoms with Crippen LogP contribution in [0, 0.1) is 6.92 Å². The number of hydrogen-bond acceptors (Lipinski definition) is 6. The first-order chi connectivity index (χ1) is 18.1. The van der Waals surface area contributed by atoms with Gasteiger partial charge in [-0.1, -0.05) is 58.7 Å². The lowest BCUT2D eigenvalue weighted by molar-refractivity contribution is -0.123. The number of aryl methyl sites for hydroxylation is 1. The first-order valence-corrected chi connectivity index (χ1v) is 14.0. The van der Waals surface area contributed by atoms with E-state index < -0.39 is 11.8 Å². The molecule has 196 valence electrons. The molecule has 38 heavy (non-hydrogen) atoms. The van der Waals surface area contributed by atoms with Crippen molar-refractivity contribution in [2.75, 3.05) is 7.11 Å². The number of methoxy groups -OCH3 is 1. The van der Waals surface area contributed by atoms with E-state index in [0.717, 1.165) is 27.9 Å². The lowest BCUT2D eigenvalue weighted by Crippen LogP contribution is -2.44.